The van der Waals surface area contributed by atoms with Gasteiger partial charge in [0.25, 0.3) is 0 Å². The van der Waals surface area contributed by atoms with Crippen LogP contribution < -0.4 is 11.5 Å². The maximum Gasteiger partial charge on any atom is 0.406 e. The monoisotopic (exact) mass is 272 g/mol. The van der Waals surface area contributed by atoms with E-state index in [2.05, 4.69) is 0 Å². The Morgan fingerprint density at radius 3 is 1.72 bits per heavy atom. The number of halogens is 6. The fourth-order valence-corrected chi connectivity index (χ4v) is 1.47. The Morgan fingerprint density at radius 1 is 0.889 bits per heavy atom. The van der Waals surface area contributed by atoms with Crippen LogP contribution in [0.1, 0.15) is 12.5 Å². The Balaban J connectivity index is 3.61. The van der Waals surface area contributed by atoms with Crippen LogP contribution in [0.4, 0.5) is 37.7 Å². The number of rotatable bonds is 1. The van der Waals surface area contributed by atoms with Gasteiger partial charge in [0, 0.05) is 16.9 Å². The van der Waals surface area contributed by atoms with Crippen LogP contribution in [0.25, 0.3) is 0 Å². The van der Waals surface area contributed by atoms with Gasteiger partial charge in [0.2, 0.25) is 0 Å². The molecule has 0 aromatic heterocycles. The molecular formula is C10H10F6N2. The highest BCUT2D eigenvalue weighted by atomic mass is 19.4. The molecule has 0 heterocycles. The largest absolute Gasteiger partial charge is 0.406 e. The SMILES string of the molecule is CC(c1cc(N)ccc1N)(C(F)(F)F)C(F)(F)F. The highest BCUT2D eigenvalue weighted by Crippen LogP contribution is 2.53. The molecule has 2 nitrogen and oxygen atoms in total. The lowest BCUT2D eigenvalue weighted by Gasteiger charge is -2.35. The van der Waals surface area contributed by atoms with Gasteiger partial charge in [-0.25, -0.2) is 0 Å². The van der Waals surface area contributed by atoms with Gasteiger partial charge in [0.1, 0.15) is 0 Å². The zero-order valence-electron chi connectivity index (χ0n) is 9.15. The predicted octanol–water partition coefficient (Wildman–Crippen LogP) is 3.23. The normalized spacial score (nSPS) is 13.7. The van der Waals surface area contributed by atoms with Gasteiger partial charge >= 0.3 is 12.4 Å². The van der Waals surface area contributed by atoms with Crippen molar-refractivity contribution < 1.29 is 26.3 Å². The Kier molecular flexibility index (Phi) is 3.18. The zero-order valence-corrected chi connectivity index (χ0v) is 9.15. The number of anilines is 2. The first-order valence-corrected chi connectivity index (χ1v) is 4.70. The van der Waals surface area contributed by atoms with Crippen molar-refractivity contribution in [2.75, 3.05) is 11.5 Å². The molecule has 1 rings (SSSR count). The second kappa shape index (κ2) is 3.96. The quantitative estimate of drug-likeness (QED) is 0.609. The van der Waals surface area contributed by atoms with E-state index in [1.807, 2.05) is 0 Å². The molecule has 0 spiro atoms. The zero-order chi connectivity index (χ0) is 14.4. The first-order valence-electron chi connectivity index (χ1n) is 4.70. The summed E-state index contributed by atoms with van der Waals surface area (Å²) < 4.78 is 76.7. The van der Waals surface area contributed by atoms with Gasteiger partial charge in [-0.3, -0.25) is 0 Å². The fourth-order valence-electron chi connectivity index (χ4n) is 1.47. The molecule has 18 heavy (non-hydrogen) atoms. The van der Waals surface area contributed by atoms with E-state index in [4.69, 9.17) is 11.5 Å². The molecule has 0 atom stereocenters. The fraction of sp³-hybridized carbons (Fsp3) is 0.400. The topological polar surface area (TPSA) is 52.0 Å². The van der Waals surface area contributed by atoms with Crippen LogP contribution in [0.5, 0.6) is 0 Å². The van der Waals surface area contributed by atoms with E-state index in [0.717, 1.165) is 12.1 Å². The molecule has 0 aliphatic rings. The van der Waals surface area contributed by atoms with E-state index in [0.29, 0.717) is 6.07 Å². The highest BCUT2D eigenvalue weighted by molar-refractivity contribution is 5.59. The van der Waals surface area contributed by atoms with Crippen molar-refractivity contribution in [1.29, 1.82) is 0 Å². The van der Waals surface area contributed by atoms with Gasteiger partial charge in [0.15, 0.2) is 5.41 Å². The summed E-state index contributed by atoms with van der Waals surface area (Å²) >= 11 is 0. The maximum atomic E-state index is 12.8. The molecule has 0 radical (unpaired) electrons. The Bertz CT molecular complexity index is 435. The summed E-state index contributed by atoms with van der Waals surface area (Å²) in [5, 5.41) is 0. The minimum Gasteiger partial charge on any atom is -0.399 e. The third kappa shape index (κ3) is 2.06. The van der Waals surface area contributed by atoms with Crippen LogP contribution in [0.2, 0.25) is 0 Å². The second-order valence-electron chi connectivity index (χ2n) is 3.97. The van der Waals surface area contributed by atoms with Gasteiger partial charge in [-0.15, -0.1) is 0 Å². The molecule has 4 N–H and O–H groups in total. The van der Waals surface area contributed by atoms with Gasteiger partial charge in [0.05, 0.1) is 0 Å². The predicted molar refractivity (Wildman–Crippen MR) is 54.7 cm³/mol. The summed E-state index contributed by atoms with van der Waals surface area (Å²) in [5.74, 6) is 0. The Labute approximate surface area is 98.6 Å². The molecule has 0 aliphatic carbocycles. The van der Waals surface area contributed by atoms with Crippen molar-refractivity contribution >= 4 is 11.4 Å². The van der Waals surface area contributed by atoms with E-state index in [9.17, 15) is 26.3 Å². The van der Waals surface area contributed by atoms with Crippen LogP contribution in [0.3, 0.4) is 0 Å². The van der Waals surface area contributed by atoms with E-state index in [1.165, 1.54) is 0 Å². The summed E-state index contributed by atoms with van der Waals surface area (Å²) in [5.41, 5.74) is 4.45. The number of nitrogens with two attached hydrogens (primary N) is 2. The molecule has 0 bridgehead atoms. The van der Waals surface area contributed by atoms with E-state index in [-0.39, 0.29) is 12.6 Å². The molecule has 0 aliphatic heterocycles. The van der Waals surface area contributed by atoms with Crippen molar-refractivity contribution in [3.8, 4) is 0 Å². The summed E-state index contributed by atoms with van der Waals surface area (Å²) in [7, 11) is 0. The van der Waals surface area contributed by atoms with E-state index in [1.54, 1.807) is 0 Å². The van der Waals surface area contributed by atoms with E-state index < -0.39 is 29.0 Å². The minimum atomic E-state index is -5.53. The van der Waals surface area contributed by atoms with Crippen molar-refractivity contribution in [3.63, 3.8) is 0 Å². The molecule has 0 saturated carbocycles. The number of hydrogen-bond acceptors (Lipinski definition) is 2. The average molecular weight is 272 g/mol. The summed E-state index contributed by atoms with van der Waals surface area (Å²) in [4.78, 5) is 0. The molecule has 0 unspecified atom stereocenters. The standard InChI is InChI=1S/C10H10F6N2/c1-8(9(11,12)13,10(14,15)16)6-4-5(17)2-3-7(6)18/h2-4H,17-18H2,1H3. The minimum absolute atomic E-state index is 0.0398. The molecule has 102 valence electrons. The summed E-state index contributed by atoms with van der Waals surface area (Å²) in [6, 6.07) is 2.64. The van der Waals surface area contributed by atoms with Crippen LogP contribution in [-0.4, -0.2) is 12.4 Å². The number of alkyl halides is 6. The molecule has 0 saturated heterocycles. The van der Waals surface area contributed by atoms with Gasteiger partial charge in [-0.1, -0.05) is 0 Å². The molecule has 0 fully saturated rings. The lowest BCUT2D eigenvalue weighted by molar-refractivity contribution is -0.297. The summed E-state index contributed by atoms with van der Waals surface area (Å²) in [6.07, 6.45) is -11.1. The molecule has 1 aromatic carbocycles. The van der Waals surface area contributed by atoms with Crippen LogP contribution in [0.15, 0.2) is 18.2 Å². The van der Waals surface area contributed by atoms with Gasteiger partial charge in [-0.2, -0.15) is 26.3 Å². The van der Waals surface area contributed by atoms with Crippen molar-refractivity contribution in [2.45, 2.75) is 24.7 Å². The van der Waals surface area contributed by atoms with Gasteiger partial charge in [-0.05, 0) is 25.1 Å². The van der Waals surface area contributed by atoms with Crippen molar-refractivity contribution in [3.05, 3.63) is 23.8 Å². The smallest absolute Gasteiger partial charge is 0.399 e. The number of nitrogen functional groups attached to an aromatic ring is 2. The van der Waals surface area contributed by atoms with Gasteiger partial charge < -0.3 is 11.5 Å². The lowest BCUT2D eigenvalue weighted by atomic mass is 9.79. The van der Waals surface area contributed by atoms with Crippen molar-refractivity contribution in [2.24, 2.45) is 0 Å². The van der Waals surface area contributed by atoms with Crippen LogP contribution in [-0.2, 0) is 5.41 Å². The second-order valence-corrected chi connectivity index (χ2v) is 3.97. The molecule has 8 heteroatoms. The third-order valence-electron chi connectivity index (χ3n) is 2.75. The first kappa shape index (κ1) is 14.5. The Hall–Kier alpha value is -1.60. The number of benzene rings is 1. The first-order chi connectivity index (χ1) is 7.91. The highest BCUT2D eigenvalue weighted by Gasteiger charge is 2.69. The number of hydrogen-bond donors (Lipinski definition) is 2. The summed E-state index contributed by atoms with van der Waals surface area (Å²) in [6.45, 7) is 0.0398. The average Bonchev–Trinajstić information content (AvgIpc) is 2.17. The molecular weight excluding hydrogens is 262 g/mol. The molecule has 0 amide bonds. The van der Waals surface area contributed by atoms with E-state index >= 15 is 0 Å². The van der Waals surface area contributed by atoms with Crippen LogP contribution >= 0.6 is 0 Å². The van der Waals surface area contributed by atoms with Crippen LogP contribution in [0, 0.1) is 0 Å². The molecule has 1 aromatic rings. The Morgan fingerprint density at radius 2 is 1.33 bits per heavy atom. The lowest BCUT2D eigenvalue weighted by Crippen LogP contribution is -2.51. The maximum absolute atomic E-state index is 12.8. The van der Waals surface area contributed by atoms with Crippen molar-refractivity contribution in [1.82, 2.24) is 0 Å². The third-order valence-corrected chi connectivity index (χ3v) is 2.75.